The summed E-state index contributed by atoms with van der Waals surface area (Å²) >= 11 is 0. The van der Waals surface area contributed by atoms with E-state index in [-0.39, 0.29) is 116 Å². The summed E-state index contributed by atoms with van der Waals surface area (Å²) in [5.41, 5.74) is 0. The van der Waals surface area contributed by atoms with Gasteiger partial charge in [-0.3, -0.25) is 0 Å². The van der Waals surface area contributed by atoms with Crippen molar-refractivity contribution in [1.82, 2.24) is 0 Å². The van der Waals surface area contributed by atoms with Crippen LogP contribution in [0.4, 0.5) is 0 Å². The van der Waals surface area contributed by atoms with Gasteiger partial charge in [0.25, 0.3) is 0 Å². The van der Waals surface area contributed by atoms with Crippen molar-refractivity contribution in [2.45, 2.75) is 0 Å². The van der Waals surface area contributed by atoms with Crippen molar-refractivity contribution in [1.29, 1.82) is 0 Å². The van der Waals surface area contributed by atoms with Crippen LogP contribution in [0.15, 0.2) is 0 Å². The zero-order chi connectivity index (χ0) is 0. The van der Waals surface area contributed by atoms with Crippen LogP contribution >= 0.6 is 0 Å². The molecule has 0 saturated carbocycles. The van der Waals surface area contributed by atoms with Crippen LogP contribution < -0.4 is 0 Å². The molecule has 0 bridgehead atoms. The van der Waals surface area contributed by atoms with E-state index in [1.165, 1.54) is 0 Å². The van der Waals surface area contributed by atoms with E-state index in [2.05, 4.69) is 0 Å². The predicted molar refractivity (Wildman–Crippen MR) is 7.23 cm³/mol. The first-order valence-electron chi connectivity index (χ1n) is 0. The van der Waals surface area contributed by atoms with Crippen LogP contribution in [-0.2, 0) is 16.8 Å². The molecule has 0 aliphatic carbocycles. The second kappa shape index (κ2) is 26.6. The maximum absolute atomic E-state index is 0. The summed E-state index contributed by atoms with van der Waals surface area (Å²) in [5, 5.41) is 0. The molecule has 0 aromatic rings. The zero-order valence-electron chi connectivity index (χ0n) is 2.49. The van der Waals surface area contributed by atoms with E-state index in [0.717, 1.165) is 0 Å². The standard InChI is InChI=1S/2Ac.Co.2H2O/h;;;2*1H2. The molecule has 0 aliphatic heterocycles. The molecule has 2 nitrogen and oxygen atoms in total. The summed E-state index contributed by atoms with van der Waals surface area (Å²) in [6.07, 6.45) is 0. The SMILES string of the molecule is O.O.[Ac].[Ac].[Co]. The minimum Gasteiger partial charge on any atom is -0.412 e. The number of hydrogen-bond acceptors (Lipinski definition) is 0. The van der Waals surface area contributed by atoms with Gasteiger partial charge in [0.05, 0.1) is 0 Å². The molecule has 31 valence electrons. The van der Waals surface area contributed by atoms with Crippen molar-refractivity contribution in [3.8, 4) is 0 Å². The van der Waals surface area contributed by atoms with Crippen LogP contribution in [0.2, 0.25) is 0 Å². The molecule has 0 fully saturated rings. The third kappa shape index (κ3) is 18.8. The van der Waals surface area contributed by atoms with Gasteiger partial charge >= 0.3 is 0 Å². The molecule has 5 heavy (non-hydrogen) atoms. The Kier molecular flexibility index (Phi) is 215. The maximum atomic E-state index is 0. The Balaban J connectivity index is 0. The smallest absolute Gasteiger partial charge is 0 e. The van der Waals surface area contributed by atoms with Crippen molar-refractivity contribution < 1.29 is 116 Å². The molecule has 0 aromatic heterocycles. The van der Waals surface area contributed by atoms with E-state index in [9.17, 15) is 0 Å². The first-order chi connectivity index (χ1) is 0. The van der Waals surface area contributed by atoms with Gasteiger partial charge in [-0.05, 0) is 0 Å². The van der Waals surface area contributed by atoms with Gasteiger partial charge in [-0.25, -0.2) is 0 Å². The monoisotopic (exact) mass is 549 g/mol. The zero-order valence-corrected chi connectivity index (χ0v) is 13.0. The molecule has 3 radical (unpaired) electrons. The summed E-state index contributed by atoms with van der Waals surface area (Å²) in [6, 6.07) is 0. The van der Waals surface area contributed by atoms with E-state index >= 15 is 0 Å². The van der Waals surface area contributed by atoms with Crippen LogP contribution in [0.3, 0.4) is 0 Å². The van der Waals surface area contributed by atoms with E-state index in [4.69, 9.17) is 0 Å². The minimum atomic E-state index is 0. The Labute approximate surface area is 113 Å². The van der Waals surface area contributed by atoms with Gasteiger partial charge < -0.3 is 11.0 Å². The summed E-state index contributed by atoms with van der Waals surface area (Å²) in [5.74, 6) is 0. The quantitative estimate of drug-likeness (QED) is 0.348. The van der Waals surface area contributed by atoms with Gasteiger partial charge in [-0.2, -0.15) is 0 Å². The molecule has 0 saturated heterocycles. The Morgan fingerprint density at radius 2 is 0.600 bits per heavy atom. The largest absolute Gasteiger partial charge is 0.412 e. The van der Waals surface area contributed by atoms with E-state index in [1.807, 2.05) is 0 Å². The van der Waals surface area contributed by atoms with Crippen molar-refractivity contribution in [2.75, 3.05) is 0 Å². The van der Waals surface area contributed by atoms with Gasteiger partial charge in [0, 0.05) is 105 Å². The molecular formula is H4Ac2CoO2. The molecule has 0 aliphatic rings. The Bertz CT molecular complexity index is 7.61. The molecule has 5 heteroatoms. The van der Waals surface area contributed by atoms with Gasteiger partial charge in [-0.1, -0.05) is 0 Å². The van der Waals surface area contributed by atoms with Gasteiger partial charge in [-0.15, -0.1) is 0 Å². The Hall–Kier alpha value is 3.31. The fourth-order valence-electron chi connectivity index (χ4n) is 0. The molecule has 0 heterocycles. The summed E-state index contributed by atoms with van der Waals surface area (Å²) in [7, 11) is 0. The molecule has 0 unspecified atom stereocenters. The average Bonchev–Trinajstić information content (AvgIpc) is 0. The molecule has 0 rings (SSSR count). The summed E-state index contributed by atoms with van der Waals surface area (Å²) in [6.45, 7) is 0. The van der Waals surface area contributed by atoms with Crippen molar-refractivity contribution in [3.05, 3.63) is 0 Å². The van der Waals surface area contributed by atoms with Crippen molar-refractivity contribution in [3.63, 3.8) is 0 Å². The van der Waals surface area contributed by atoms with Gasteiger partial charge in [0.1, 0.15) is 0 Å². The first-order valence-corrected chi connectivity index (χ1v) is 0. The average molecular weight is 549 g/mol. The Morgan fingerprint density at radius 3 is 0.600 bits per heavy atom. The fraction of sp³-hybridized carbons (Fsp3) is 0. The third-order valence-electron chi connectivity index (χ3n) is 0. The van der Waals surface area contributed by atoms with Crippen LogP contribution in [-0.4, -0.2) is 11.0 Å². The van der Waals surface area contributed by atoms with Crippen LogP contribution in [0.25, 0.3) is 0 Å². The van der Waals surface area contributed by atoms with Crippen LogP contribution in [0, 0.1) is 88.1 Å². The first kappa shape index (κ1) is 40.5. The van der Waals surface area contributed by atoms with E-state index in [0.29, 0.717) is 0 Å². The van der Waals surface area contributed by atoms with Crippen LogP contribution in [0.5, 0.6) is 0 Å². The number of rotatable bonds is 0. The normalized spacial score (nSPS) is 0. The summed E-state index contributed by atoms with van der Waals surface area (Å²) < 4.78 is 0. The molecule has 0 amide bonds. The predicted octanol–water partition coefficient (Wildman–Crippen LogP) is -1.65. The van der Waals surface area contributed by atoms with Crippen molar-refractivity contribution >= 4 is 0 Å². The molecule has 0 aromatic carbocycles. The second-order valence-electron chi connectivity index (χ2n) is 0. The van der Waals surface area contributed by atoms with Crippen molar-refractivity contribution in [2.24, 2.45) is 0 Å². The second-order valence-corrected chi connectivity index (χ2v) is 0. The molecular weight excluding hydrogens is 545 g/mol. The topological polar surface area (TPSA) is 63.0 Å². The van der Waals surface area contributed by atoms with E-state index in [1.54, 1.807) is 0 Å². The maximum Gasteiger partial charge on any atom is 0 e. The van der Waals surface area contributed by atoms with Gasteiger partial charge in [0.2, 0.25) is 0 Å². The fourth-order valence-corrected chi connectivity index (χ4v) is 0. The van der Waals surface area contributed by atoms with E-state index < -0.39 is 0 Å². The third-order valence-corrected chi connectivity index (χ3v) is 0. The molecule has 0 atom stereocenters. The molecule has 0 spiro atoms. The number of hydrogen-bond donors (Lipinski definition) is 0. The summed E-state index contributed by atoms with van der Waals surface area (Å²) in [4.78, 5) is 0. The Morgan fingerprint density at radius 1 is 0.600 bits per heavy atom. The van der Waals surface area contributed by atoms with Gasteiger partial charge in [0.15, 0.2) is 0 Å². The minimum absolute atomic E-state index is 0. The molecule has 4 N–H and O–H groups in total. The van der Waals surface area contributed by atoms with Crippen LogP contribution in [0.1, 0.15) is 0 Å².